The molecule has 0 amide bonds. The highest BCUT2D eigenvalue weighted by molar-refractivity contribution is 7.16. The van der Waals surface area contributed by atoms with Gasteiger partial charge in [0.15, 0.2) is 0 Å². The first kappa shape index (κ1) is 10.2. The van der Waals surface area contributed by atoms with Crippen LogP contribution in [0.15, 0.2) is 22.1 Å². The molecule has 1 aliphatic rings. The maximum absolute atomic E-state index is 4.35. The van der Waals surface area contributed by atoms with E-state index >= 15 is 0 Å². The number of nitrogens with one attached hydrogen (secondary N) is 2. The predicted molar refractivity (Wildman–Crippen MR) is 65.8 cm³/mol. The third-order valence-electron chi connectivity index (χ3n) is 1.98. The lowest BCUT2D eigenvalue weighted by molar-refractivity contribution is 0.768. The van der Waals surface area contributed by atoms with Gasteiger partial charge in [0.25, 0.3) is 0 Å². The first-order valence-electron chi connectivity index (χ1n) is 4.86. The van der Waals surface area contributed by atoms with Gasteiger partial charge >= 0.3 is 0 Å². The fourth-order valence-corrected chi connectivity index (χ4v) is 2.18. The van der Waals surface area contributed by atoms with E-state index in [0.717, 1.165) is 16.8 Å². The van der Waals surface area contributed by atoms with Gasteiger partial charge in [0.1, 0.15) is 12.0 Å². The number of amidine groups is 1. The molecule has 1 atom stereocenters. The second-order valence-electron chi connectivity index (χ2n) is 3.48. The van der Waals surface area contributed by atoms with Crippen LogP contribution in [0.5, 0.6) is 0 Å². The maximum atomic E-state index is 4.35. The minimum Gasteiger partial charge on any atom is -0.318 e. The Hall–Kier alpha value is -1.36. The van der Waals surface area contributed by atoms with Gasteiger partial charge in [-0.15, -0.1) is 11.3 Å². The average Bonchev–Trinajstić information content (AvgIpc) is 2.49. The Morgan fingerprint density at radius 1 is 1.33 bits per heavy atom. The molecule has 1 aliphatic heterocycles. The number of nitrogens with zero attached hydrogens (tertiary/aromatic N) is 2. The third kappa shape index (κ3) is 2.56. The molecule has 4 nitrogen and oxygen atoms in total. The van der Waals surface area contributed by atoms with Crippen molar-refractivity contribution in [3.63, 3.8) is 0 Å². The fraction of sp³-hybridized carbons (Fsp3) is 0.400. The van der Waals surface area contributed by atoms with Crippen LogP contribution >= 0.6 is 11.3 Å². The van der Waals surface area contributed by atoms with Gasteiger partial charge in [0.05, 0.1) is 5.00 Å². The van der Waals surface area contributed by atoms with Crippen molar-refractivity contribution in [2.24, 2.45) is 9.98 Å². The molecule has 0 fully saturated rings. The summed E-state index contributed by atoms with van der Waals surface area (Å²) in [5, 5.41) is 7.44. The van der Waals surface area contributed by atoms with E-state index in [1.54, 1.807) is 11.3 Å². The summed E-state index contributed by atoms with van der Waals surface area (Å²) in [4.78, 5) is 9.90. The minimum absolute atomic E-state index is 0.00481. The van der Waals surface area contributed by atoms with Crippen LogP contribution in [0.1, 0.15) is 18.7 Å². The summed E-state index contributed by atoms with van der Waals surface area (Å²) in [5.41, 5.74) is 0. The van der Waals surface area contributed by atoms with Gasteiger partial charge in [-0.3, -0.25) is 0 Å². The molecule has 1 unspecified atom stereocenters. The summed E-state index contributed by atoms with van der Waals surface area (Å²) < 4.78 is 0. The maximum Gasteiger partial charge on any atom is 0.204 e. The Morgan fingerprint density at radius 3 is 2.73 bits per heavy atom. The fourth-order valence-electron chi connectivity index (χ4n) is 1.41. The zero-order valence-electron chi connectivity index (χ0n) is 9.03. The topological polar surface area (TPSA) is 48.8 Å². The van der Waals surface area contributed by atoms with E-state index in [0.29, 0.717) is 0 Å². The summed E-state index contributed by atoms with van der Waals surface area (Å²) in [6.45, 7) is 5.99. The number of aliphatic imine (C=N–C) groups is 2. The highest BCUT2D eigenvalue weighted by Gasteiger charge is 2.10. The van der Waals surface area contributed by atoms with Crippen molar-refractivity contribution in [3.8, 4) is 0 Å². The van der Waals surface area contributed by atoms with Crippen molar-refractivity contribution in [2.75, 3.05) is 5.32 Å². The summed E-state index contributed by atoms with van der Waals surface area (Å²) in [6.07, 6.45) is -0.00481. The predicted octanol–water partition coefficient (Wildman–Crippen LogP) is 2.19. The molecule has 0 aliphatic carbocycles. The molecule has 1 aromatic rings. The van der Waals surface area contributed by atoms with Crippen LogP contribution in [0.25, 0.3) is 0 Å². The molecule has 0 aromatic carbocycles. The van der Waals surface area contributed by atoms with E-state index in [9.17, 15) is 0 Å². The summed E-state index contributed by atoms with van der Waals surface area (Å²) in [7, 11) is 0. The number of thiophene rings is 1. The largest absolute Gasteiger partial charge is 0.318 e. The van der Waals surface area contributed by atoms with Crippen molar-refractivity contribution < 1.29 is 0 Å². The van der Waals surface area contributed by atoms with Crippen molar-refractivity contribution >= 4 is 28.1 Å². The molecule has 2 N–H and O–H groups in total. The average molecular weight is 222 g/mol. The normalized spacial score (nSPS) is 20.3. The van der Waals surface area contributed by atoms with E-state index in [4.69, 9.17) is 0 Å². The quantitative estimate of drug-likeness (QED) is 0.765. The first-order valence-corrected chi connectivity index (χ1v) is 5.68. The monoisotopic (exact) mass is 222 g/mol. The molecule has 1 aromatic heterocycles. The van der Waals surface area contributed by atoms with Crippen LogP contribution in [0.4, 0.5) is 5.00 Å². The molecule has 0 radical (unpaired) electrons. The highest BCUT2D eigenvalue weighted by atomic mass is 32.1. The number of hydrogen-bond donors (Lipinski definition) is 2. The first-order chi connectivity index (χ1) is 7.13. The zero-order chi connectivity index (χ0) is 10.8. The molecule has 2 heterocycles. The molecule has 5 heteroatoms. The van der Waals surface area contributed by atoms with Crippen molar-refractivity contribution in [1.29, 1.82) is 0 Å². The summed E-state index contributed by atoms with van der Waals surface area (Å²) in [6, 6.07) is 4.14. The molecule has 0 bridgehead atoms. The van der Waals surface area contributed by atoms with Gasteiger partial charge in [-0.25, -0.2) is 9.98 Å². The Morgan fingerprint density at radius 2 is 2.13 bits per heavy atom. The van der Waals surface area contributed by atoms with E-state index in [1.807, 2.05) is 13.8 Å². The number of rotatable bonds is 1. The molecule has 0 saturated carbocycles. The molecule has 0 saturated heterocycles. The molecule has 80 valence electrons. The smallest absolute Gasteiger partial charge is 0.204 e. The van der Waals surface area contributed by atoms with Gasteiger partial charge in [-0.1, -0.05) is 0 Å². The Bertz CT molecular complexity index is 419. The lowest BCUT2D eigenvalue weighted by Crippen LogP contribution is -2.38. The van der Waals surface area contributed by atoms with Gasteiger partial charge in [-0.2, -0.15) is 0 Å². The lowest BCUT2D eigenvalue weighted by Gasteiger charge is -2.17. The SMILES string of the molecule is CC1=NC(C)N=C(Nc2ccc(C)s2)N1. The molecular formula is C10H14N4S. The number of anilines is 1. The van der Waals surface area contributed by atoms with Crippen molar-refractivity contribution in [1.82, 2.24) is 5.32 Å². The number of guanidine groups is 1. The van der Waals surface area contributed by atoms with Crippen LogP contribution in [0.3, 0.4) is 0 Å². The molecule has 2 rings (SSSR count). The third-order valence-corrected chi connectivity index (χ3v) is 2.89. The standard InChI is InChI=1S/C10H14N4S/c1-6-4-5-9(15-6)14-10-12-7(2)11-8(3)13-10/h4-5,7H,1-3H3,(H2,11,12,13,14). The second kappa shape index (κ2) is 4.02. The minimum atomic E-state index is -0.00481. The number of aryl methyl sites for hydroxylation is 1. The Balaban J connectivity index is 2.07. The van der Waals surface area contributed by atoms with Gasteiger partial charge in [0, 0.05) is 4.88 Å². The van der Waals surface area contributed by atoms with Crippen molar-refractivity contribution in [2.45, 2.75) is 26.9 Å². The van der Waals surface area contributed by atoms with Gasteiger partial charge in [-0.05, 0) is 32.9 Å². The van der Waals surface area contributed by atoms with Crippen LogP contribution in [0, 0.1) is 6.92 Å². The van der Waals surface area contributed by atoms with E-state index in [-0.39, 0.29) is 6.17 Å². The van der Waals surface area contributed by atoms with Crippen LogP contribution in [-0.2, 0) is 0 Å². The molecule has 15 heavy (non-hydrogen) atoms. The van der Waals surface area contributed by atoms with Gasteiger partial charge in [0.2, 0.25) is 5.96 Å². The summed E-state index contributed by atoms with van der Waals surface area (Å²) >= 11 is 1.71. The lowest BCUT2D eigenvalue weighted by atomic mass is 10.5. The van der Waals surface area contributed by atoms with E-state index in [1.165, 1.54) is 4.88 Å². The summed E-state index contributed by atoms with van der Waals surface area (Å²) in [5.74, 6) is 1.67. The highest BCUT2D eigenvalue weighted by Crippen LogP contribution is 2.20. The van der Waals surface area contributed by atoms with E-state index in [2.05, 4.69) is 39.7 Å². The number of hydrogen-bond acceptors (Lipinski definition) is 5. The Kier molecular flexibility index (Phi) is 2.73. The second-order valence-corrected chi connectivity index (χ2v) is 4.77. The Labute approximate surface area is 93.1 Å². The van der Waals surface area contributed by atoms with Crippen LogP contribution in [0.2, 0.25) is 0 Å². The molecule has 0 spiro atoms. The zero-order valence-corrected chi connectivity index (χ0v) is 9.85. The van der Waals surface area contributed by atoms with E-state index < -0.39 is 0 Å². The molecular weight excluding hydrogens is 208 g/mol. The van der Waals surface area contributed by atoms with Crippen molar-refractivity contribution in [3.05, 3.63) is 17.0 Å². The van der Waals surface area contributed by atoms with Crippen LogP contribution < -0.4 is 10.6 Å². The van der Waals surface area contributed by atoms with Crippen LogP contribution in [-0.4, -0.2) is 18.0 Å². The van der Waals surface area contributed by atoms with Gasteiger partial charge < -0.3 is 10.6 Å².